The van der Waals surface area contributed by atoms with Crippen LogP contribution in [0.15, 0.2) is 60.8 Å². The Morgan fingerprint density at radius 3 is 2.86 bits per heavy atom. The third-order valence-corrected chi connectivity index (χ3v) is 4.87. The number of nitrogens with zero attached hydrogens (tertiary/aromatic N) is 4. The van der Waals surface area contributed by atoms with Gasteiger partial charge in [-0.3, -0.25) is 15.0 Å². The summed E-state index contributed by atoms with van der Waals surface area (Å²) in [4.78, 5) is 21.8. The van der Waals surface area contributed by atoms with Gasteiger partial charge in [0.1, 0.15) is 0 Å². The molecule has 2 heterocycles. The molecule has 29 heavy (non-hydrogen) atoms. The highest BCUT2D eigenvalue weighted by Crippen LogP contribution is 2.23. The third-order valence-electron chi connectivity index (χ3n) is 4.87. The summed E-state index contributed by atoms with van der Waals surface area (Å²) in [5.41, 5.74) is 3.68. The summed E-state index contributed by atoms with van der Waals surface area (Å²) in [5.74, 6) is 0.402. The maximum absolute atomic E-state index is 11.0. The van der Waals surface area contributed by atoms with Crippen LogP contribution in [0.3, 0.4) is 0 Å². The van der Waals surface area contributed by atoms with E-state index < -0.39 is 4.92 Å². The number of non-ortho nitro benzene ring substituents is 1. The summed E-state index contributed by atoms with van der Waals surface area (Å²) in [6.07, 6.45) is 6.45. The van der Waals surface area contributed by atoms with E-state index in [1.165, 1.54) is 30.5 Å². The number of hydrogen-bond acceptors (Lipinski definition) is 6. The highest BCUT2D eigenvalue weighted by atomic mass is 16.6. The Labute approximate surface area is 169 Å². The lowest BCUT2D eigenvalue weighted by Crippen LogP contribution is -2.29. The van der Waals surface area contributed by atoms with Gasteiger partial charge in [-0.2, -0.15) is 0 Å². The molecule has 0 bridgehead atoms. The van der Waals surface area contributed by atoms with E-state index in [4.69, 9.17) is 0 Å². The van der Waals surface area contributed by atoms with Crippen LogP contribution in [0.25, 0.3) is 11.3 Å². The molecule has 2 aromatic carbocycles. The van der Waals surface area contributed by atoms with E-state index in [-0.39, 0.29) is 5.69 Å². The Balaban J connectivity index is 1.52. The van der Waals surface area contributed by atoms with Gasteiger partial charge in [-0.25, -0.2) is 9.97 Å². The largest absolute Gasteiger partial charge is 0.324 e. The van der Waals surface area contributed by atoms with Crippen molar-refractivity contribution in [1.29, 1.82) is 0 Å². The molecule has 1 aromatic heterocycles. The van der Waals surface area contributed by atoms with Gasteiger partial charge < -0.3 is 5.32 Å². The smallest absolute Gasteiger partial charge is 0.271 e. The van der Waals surface area contributed by atoms with Crippen LogP contribution in [0.1, 0.15) is 18.4 Å². The fourth-order valence-corrected chi connectivity index (χ4v) is 3.46. The van der Waals surface area contributed by atoms with Crippen LogP contribution < -0.4 is 5.32 Å². The maximum atomic E-state index is 11.0. The number of nitro benzene ring substituents is 1. The zero-order valence-electron chi connectivity index (χ0n) is 16.0. The SMILES string of the molecule is O=[N+]([O-])c1cccc(Nc2nccc(-c3cccc(CN4C[CH]CCC4)c3)n2)c1. The Morgan fingerprint density at radius 1 is 1.14 bits per heavy atom. The van der Waals surface area contributed by atoms with Crippen molar-refractivity contribution in [3.05, 3.63) is 82.9 Å². The zero-order valence-corrected chi connectivity index (χ0v) is 16.0. The highest BCUT2D eigenvalue weighted by Gasteiger charge is 2.12. The average Bonchev–Trinajstić information content (AvgIpc) is 2.75. The molecule has 1 aliphatic rings. The second-order valence-electron chi connectivity index (χ2n) is 7.06. The molecule has 0 unspecified atom stereocenters. The van der Waals surface area contributed by atoms with Gasteiger partial charge in [-0.1, -0.05) is 24.3 Å². The van der Waals surface area contributed by atoms with Crippen LogP contribution >= 0.6 is 0 Å². The minimum Gasteiger partial charge on any atom is -0.324 e. The van der Waals surface area contributed by atoms with E-state index in [1.54, 1.807) is 18.3 Å². The molecule has 1 aliphatic heterocycles. The number of nitro groups is 1. The summed E-state index contributed by atoms with van der Waals surface area (Å²) in [5, 5.41) is 14.0. The number of hydrogen-bond donors (Lipinski definition) is 1. The lowest BCUT2D eigenvalue weighted by molar-refractivity contribution is -0.384. The van der Waals surface area contributed by atoms with E-state index in [1.807, 2.05) is 18.2 Å². The van der Waals surface area contributed by atoms with Crippen molar-refractivity contribution in [2.75, 3.05) is 18.4 Å². The van der Waals surface area contributed by atoms with Crippen molar-refractivity contribution in [3.63, 3.8) is 0 Å². The van der Waals surface area contributed by atoms with Crippen molar-refractivity contribution >= 4 is 17.3 Å². The van der Waals surface area contributed by atoms with Crippen molar-refractivity contribution in [2.24, 2.45) is 0 Å². The molecule has 3 aromatic rings. The highest BCUT2D eigenvalue weighted by molar-refractivity contribution is 5.63. The molecule has 1 N–H and O–H groups in total. The number of aromatic nitrogens is 2. The molecule has 147 valence electrons. The number of benzene rings is 2. The molecule has 0 aliphatic carbocycles. The van der Waals surface area contributed by atoms with E-state index in [9.17, 15) is 10.1 Å². The predicted octanol–water partition coefficient (Wildman–Crippen LogP) is 4.60. The van der Waals surface area contributed by atoms with Gasteiger partial charge in [0.15, 0.2) is 0 Å². The first-order chi connectivity index (χ1) is 14.2. The second kappa shape index (κ2) is 8.79. The fourth-order valence-electron chi connectivity index (χ4n) is 3.46. The van der Waals surface area contributed by atoms with E-state index in [2.05, 4.69) is 38.7 Å². The second-order valence-corrected chi connectivity index (χ2v) is 7.06. The van der Waals surface area contributed by atoms with Gasteiger partial charge in [-0.05, 0) is 49.6 Å². The summed E-state index contributed by atoms with van der Waals surface area (Å²) in [6, 6.07) is 16.5. The molecule has 0 amide bonds. The number of piperidine rings is 1. The van der Waals surface area contributed by atoms with Gasteiger partial charge in [0.2, 0.25) is 5.95 Å². The Morgan fingerprint density at radius 2 is 2.03 bits per heavy atom. The Bertz CT molecular complexity index is 1000. The molecule has 1 saturated heterocycles. The first-order valence-corrected chi connectivity index (χ1v) is 9.65. The molecule has 0 spiro atoms. The quantitative estimate of drug-likeness (QED) is 0.491. The van der Waals surface area contributed by atoms with Crippen LogP contribution in [-0.4, -0.2) is 32.9 Å². The lowest BCUT2D eigenvalue weighted by atomic mass is 10.1. The normalized spacial score (nSPS) is 14.5. The first kappa shape index (κ1) is 19.0. The zero-order chi connectivity index (χ0) is 20.1. The predicted molar refractivity (Wildman–Crippen MR) is 113 cm³/mol. The van der Waals surface area contributed by atoms with Crippen LogP contribution in [-0.2, 0) is 6.54 Å². The van der Waals surface area contributed by atoms with Gasteiger partial charge in [-0.15, -0.1) is 0 Å². The summed E-state index contributed by atoms with van der Waals surface area (Å²) < 4.78 is 0. The van der Waals surface area contributed by atoms with E-state index in [0.29, 0.717) is 11.6 Å². The molecular weight excluding hydrogens is 366 g/mol. The van der Waals surface area contributed by atoms with Gasteiger partial charge in [0.05, 0.1) is 10.6 Å². The number of nitrogens with one attached hydrogen (secondary N) is 1. The van der Waals surface area contributed by atoms with Crippen molar-refractivity contribution < 1.29 is 4.92 Å². The third kappa shape index (κ3) is 4.94. The summed E-state index contributed by atoms with van der Waals surface area (Å²) in [7, 11) is 0. The fraction of sp³-hybridized carbons (Fsp3) is 0.227. The van der Waals surface area contributed by atoms with E-state index >= 15 is 0 Å². The molecule has 4 rings (SSSR count). The first-order valence-electron chi connectivity index (χ1n) is 9.65. The average molecular weight is 388 g/mol. The summed E-state index contributed by atoms with van der Waals surface area (Å²) >= 11 is 0. The number of anilines is 2. The van der Waals surface area contributed by atoms with Crippen molar-refractivity contribution in [2.45, 2.75) is 19.4 Å². The monoisotopic (exact) mass is 388 g/mol. The molecular formula is C22H22N5O2. The summed E-state index contributed by atoms with van der Waals surface area (Å²) in [6.45, 7) is 3.09. The minimum absolute atomic E-state index is 0.0220. The van der Waals surface area contributed by atoms with Crippen LogP contribution in [0, 0.1) is 16.5 Å². The van der Waals surface area contributed by atoms with E-state index in [0.717, 1.165) is 30.9 Å². The van der Waals surface area contributed by atoms with Crippen LogP contribution in [0.2, 0.25) is 0 Å². The number of rotatable bonds is 6. The molecule has 1 fully saturated rings. The van der Waals surface area contributed by atoms with Crippen molar-refractivity contribution in [1.82, 2.24) is 14.9 Å². The lowest BCUT2D eigenvalue weighted by Gasteiger charge is -2.26. The minimum atomic E-state index is -0.423. The molecule has 0 atom stereocenters. The van der Waals surface area contributed by atoms with Gasteiger partial charge in [0.25, 0.3) is 5.69 Å². The van der Waals surface area contributed by atoms with Gasteiger partial charge >= 0.3 is 0 Å². The topological polar surface area (TPSA) is 84.2 Å². The Kier molecular flexibility index (Phi) is 5.76. The van der Waals surface area contributed by atoms with Gasteiger partial charge in [0, 0.05) is 42.7 Å². The van der Waals surface area contributed by atoms with Crippen LogP contribution in [0.4, 0.5) is 17.3 Å². The maximum Gasteiger partial charge on any atom is 0.271 e. The standard InChI is InChI=1S/C22H22N5O2/c28-27(29)20-9-5-8-19(15-20)24-22-23-11-10-21(25-22)18-7-4-6-17(14-18)16-26-12-2-1-3-13-26/h2,4-11,14-15H,1,3,12-13,16H2,(H,23,24,25). The molecule has 7 heteroatoms. The molecule has 1 radical (unpaired) electrons. The Hall–Kier alpha value is -3.32. The molecule has 7 nitrogen and oxygen atoms in total. The van der Waals surface area contributed by atoms with Crippen LogP contribution in [0.5, 0.6) is 0 Å². The van der Waals surface area contributed by atoms with Crippen molar-refractivity contribution in [3.8, 4) is 11.3 Å². The molecule has 0 saturated carbocycles. The number of likely N-dealkylation sites (tertiary alicyclic amines) is 1.